The van der Waals surface area contributed by atoms with Crippen molar-refractivity contribution >= 4 is 24.2 Å². The summed E-state index contributed by atoms with van der Waals surface area (Å²) in [4.78, 5) is 25.4. The Morgan fingerprint density at radius 1 is 1.21 bits per heavy atom. The number of rotatable bonds is 3. The van der Waals surface area contributed by atoms with Crippen molar-refractivity contribution in [3.63, 3.8) is 0 Å². The smallest absolute Gasteiger partial charge is 0.246 e. The Kier molecular flexibility index (Phi) is 5.11. The number of fused-ring (bicyclic) bond motifs is 1. The highest BCUT2D eigenvalue weighted by Crippen LogP contribution is 2.40. The molecule has 1 fully saturated rings. The lowest BCUT2D eigenvalue weighted by atomic mass is 9.96. The number of hydrogen-bond donors (Lipinski definition) is 0. The molecule has 0 radical (unpaired) electrons. The lowest BCUT2D eigenvalue weighted by Gasteiger charge is -2.29. The summed E-state index contributed by atoms with van der Waals surface area (Å²) in [6.07, 6.45) is 9.01. The number of carbonyl (C=O) groups is 1. The molecule has 6 heteroatoms. The molecule has 1 amide bonds. The van der Waals surface area contributed by atoms with Gasteiger partial charge in [-0.15, -0.1) is 0 Å². The maximum Gasteiger partial charge on any atom is 0.246 e. The van der Waals surface area contributed by atoms with Crippen molar-refractivity contribution in [1.82, 2.24) is 9.80 Å². The van der Waals surface area contributed by atoms with Gasteiger partial charge in [0.2, 0.25) is 5.91 Å². The van der Waals surface area contributed by atoms with Crippen LogP contribution in [0, 0.1) is 17.7 Å². The first-order valence-corrected chi connectivity index (χ1v) is 9.79. The molecule has 146 valence electrons. The zero-order chi connectivity index (χ0) is 19.7. The van der Waals surface area contributed by atoms with Crippen LogP contribution in [0.5, 0.6) is 0 Å². The van der Waals surface area contributed by atoms with Crippen molar-refractivity contribution in [2.24, 2.45) is 21.8 Å². The fraction of sp³-hybridized carbons (Fsp3) is 0.409. The molecule has 0 bridgehead atoms. The summed E-state index contributed by atoms with van der Waals surface area (Å²) in [5.41, 5.74) is 2.84. The number of amides is 1. The molecule has 0 aliphatic carbocycles. The van der Waals surface area contributed by atoms with Gasteiger partial charge < -0.3 is 9.80 Å². The molecule has 0 saturated carbocycles. The van der Waals surface area contributed by atoms with Crippen LogP contribution in [0.25, 0.3) is 5.70 Å². The van der Waals surface area contributed by atoms with Gasteiger partial charge in [0.25, 0.3) is 0 Å². The van der Waals surface area contributed by atoms with E-state index in [9.17, 15) is 9.18 Å². The van der Waals surface area contributed by atoms with Crippen LogP contribution in [-0.2, 0) is 4.79 Å². The van der Waals surface area contributed by atoms with Crippen molar-refractivity contribution in [1.29, 1.82) is 0 Å². The van der Waals surface area contributed by atoms with Gasteiger partial charge in [0, 0.05) is 38.1 Å². The van der Waals surface area contributed by atoms with E-state index < -0.39 is 0 Å². The minimum atomic E-state index is -0.270. The summed E-state index contributed by atoms with van der Waals surface area (Å²) in [5.74, 6) is 0.427. The van der Waals surface area contributed by atoms with Gasteiger partial charge >= 0.3 is 0 Å². The van der Waals surface area contributed by atoms with Crippen LogP contribution in [-0.4, -0.2) is 54.6 Å². The number of nitrogens with zero attached hydrogens (tertiary/aromatic N) is 4. The zero-order valence-corrected chi connectivity index (χ0v) is 16.3. The van der Waals surface area contributed by atoms with Crippen LogP contribution in [0.15, 0.2) is 52.0 Å². The van der Waals surface area contributed by atoms with E-state index in [1.807, 2.05) is 24.2 Å². The van der Waals surface area contributed by atoms with Gasteiger partial charge in [0.1, 0.15) is 18.3 Å². The molecule has 2 atom stereocenters. The number of aliphatic imine (C=N–C) groups is 2. The van der Waals surface area contributed by atoms with Gasteiger partial charge in [-0.2, -0.15) is 0 Å². The minimum Gasteiger partial charge on any atom is -0.351 e. The van der Waals surface area contributed by atoms with E-state index in [0.717, 1.165) is 42.8 Å². The molecule has 4 rings (SSSR count). The van der Waals surface area contributed by atoms with Gasteiger partial charge in [-0.1, -0.05) is 13.0 Å². The van der Waals surface area contributed by atoms with Gasteiger partial charge in [0.05, 0.1) is 5.92 Å². The van der Waals surface area contributed by atoms with Crippen molar-refractivity contribution in [2.75, 3.05) is 20.1 Å². The average molecular weight is 380 g/mol. The van der Waals surface area contributed by atoms with Crippen LogP contribution < -0.4 is 0 Å². The predicted molar refractivity (Wildman–Crippen MR) is 109 cm³/mol. The zero-order valence-electron chi connectivity index (χ0n) is 16.3. The molecule has 1 aromatic carbocycles. The number of halogens is 1. The number of benzene rings is 1. The molecule has 0 aromatic heterocycles. The standard InChI is InChI=1S/C22H25FN4O/c1-15-9-11-27(12-10-15)20(28)8-7-18-19-13-24-14-25-22(19)26(2)21(18)16-3-5-17(23)6-4-16/h3-8,13-15,19,22H,9-12H2,1-2H3/b8-7+. The first kappa shape index (κ1) is 18.6. The van der Waals surface area contributed by atoms with E-state index in [0.29, 0.717) is 5.92 Å². The molecule has 28 heavy (non-hydrogen) atoms. The van der Waals surface area contributed by atoms with Crippen molar-refractivity contribution in [2.45, 2.75) is 25.9 Å². The third-order valence-corrected chi connectivity index (χ3v) is 5.85. The van der Waals surface area contributed by atoms with E-state index in [4.69, 9.17) is 0 Å². The van der Waals surface area contributed by atoms with Gasteiger partial charge in [-0.3, -0.25) is 4.79 Å². The molecule has 5 nitrogen and oxygen atoms in total. The summed E-state index contributed by atoms with van der Waals surface area (Å²) in [5, 5.41) is 0. The van der Waals surface area contributed by atoms with Gasteiger partial charge in [-0.05, 0) is 54.2 Å². The monoisotopic (exact) mass is 380 g/mol. The lowest BCUT2D eigenvalue weighted by molar-refractivity contribution is -0.127. The Morgan fingerprint density at radius 2 is 1.93 bits per heavy atom. The van der Waals surface area contributed by atoms with Gasteiger partial charge in [-0.25, -0.2) is 14.4 Å². The Morgan fingerprint density at radius 3 is 2.64 bits per heavy atom. The molecule has 2 unspecified atom stereocenters. The molecular formula is C22H25FN4O. The van der Waals surface area contributed by atoms with Crippen molar-refractivity contribution in [3.8, 4) is 0 Å². The van der Waals surface area contributed by atoms with E-state index in [-0.39, 0.29) is 23.8 Å². The highest BCUT2D eigenvalue weighted by atomic mass is 19.1. The highest BCUT2D eigenvalue weighted by molar-refractivity contribution is 5.91. The quantitative estimate of drug-likeness (QED) is 0.755. The Balaban J connectivity index is 1.65. The molecular weight excluding hydrogens is 355 g/mol. The van der Waals surface area contributed by atoms with Crippen LogP contribution >= 0.6 is 0 Å². The molecule has 3 aliphatic heterocycles. The Hall–Kier alpha value is -2.76. The first-order valence-electron chi connectivity index (χ1n) is 9.79. The van der Waals surface area contributed by atoms with E-state index in [2.05, 4.69) is 21.8 Å². The van der Waals surface area contributed by atoms with Crippen LogP contribution in [0.4, 0.5) is 4.39 Å². The maximum absolute atomic E-state index is 13.4. The second-order valence-electron chi connectivity index (χ2n) is 7.76. The SMILES string of the molecule is CC1CCN(C(=O)/C=C/C2=C(c3ccc(F)cc3)N(C)C3N=CN=CC23)CC1. The van der Waals surface area contributed by atoms with Crippen LogP contribution in [0.3, 0.4) is 0 Å². The first-order chi connectivity index (χ1) is 13.5. The van der Waals surface area contributed by atoms with Crippen molar-refractivity contribution in [3.05, 3.63) is 53.4 Å². The largest absolute Gasteiger partial charge is 0.351 e. The van der Waals surface area contributed by atoms with E-state index >= 15 is 0 Å². The number of carbonyl (C=O) groups excluding carboxylic acids is 1. The average Bonchev–Trinajstić information content (AvgIpc) is 2.99. The predicted octanol–water partition coefficient (Wildman–Crippen LogP) is 3.35. The van der Waals surface area contributed by atoms with E-state index in [1.165, 1.54) is 12.1 Å². The van der Waals surface area contributed by atoms with Crippen LogP contribution in [0.1, 0.15) is 25.3 Å². The lowest BCUT2D eigenvalue weighted by Crippen LogP contribution is -2.36. The molecule has 3 heterocycles. The van der Waals surface area contributed by atoms with Gasteiger partial charge in [0.15, 0.2) is 0 Å². The van der Waals surface area contributed by atoms with Crippen molar-refractivity contribution < 1.29 is 9.18 Å². The summed E-state index contributed by atoms with van der Waals surface area (Å²) >= 11 is 0. The third-order valence-electron chi connectivity index (χ3n) is 5.85. The maximum atomic E-state index is 13.4. The molecule has 0 spiro atoms. The normalized spacial score (nSPS) is 25.1. The second kappa shape index (κ2) is 7.70. The second-order valence-corrected chi connectivity index (χ2v) is 7.76. The topological polar surface area (TPSA) is 48.3 Å². The summed E-state index contributed by atoms with van der Waals surface area (Å²) in [6, 6.07) is 6.44. The highest BCUT2D eigenvalue weighted by Gasteiger charge is 2.38. The Labute approximate surface area is 165 Å². The minimum absolute atomic E-state index is 0.0273. The fourth-order valence-corrected chi connectivity index (χ4v) is 4.15. The summed E-state index contributed by atoms with van der Waals surface area (Å²) in [7, 11) is 1.97. The third kappa shape index (κ3) is 3.51. The summed E-state index contributed by atoms with van der Waals surface area (Å²) < 4.78 is 13.4. The fourth-order valence-electron chi connectivity index (χ4n) is 4.15. The molecule has 1 aromatic rings. The molecule has 1 saturated heterocycles. The molecule has 3 aliphatic rings. The summed E-state index contributed by atoms with van der Waals surface area (Å²) in [6.45, 7) is 3.85. The molecule has 0 N–H and O–H groups in total. The van der Waals surface area contributed by atoms with Crippen LogP contribution in [0.2, 0.25) is 0 Å². The number of likely N-dealkylation sites (tertiary alicyclic amines) is 1. The Bertz CT molecular complexity index is 863. The number of piperidine rings is 1. The number of hydrogen-bond acceptors (Lipinski definition) is 4. The number of allylic oxidation sites excluding steroid dienone is 1. The van der Waals surface area contributed by atoms with E-state index in [1.54, 1.807) is 24.5 Å².